The molecule has 1 aliphatic carbocycles. The molecule has 16 heteroatoms. The second-order valence-corrected chi connectivity index (χ2v) is 13.0. The van der Waals surface area contributed by atoms with E-state index in [2.05, 4.69) is 15.5 Å². The second-order valence-electron chi connectivity index (χ2n) is 12.6. The van der Waals surface area contributed by atoms with Gasteiger partial charge in [0.15, 0.2) is 11.5 Å². The van der Waals surface area contributed by atoms with Gasteiger partial charge in [-0.05, 0) is 55.7 Å². The molecule has 4 aromatic rings. The van der Waals surface area contributed by atoms with E-state index in [0.29, 0.717) is 17.5 Å². The Morgan fingerprint density at radius 2 is 1.83 bits per heavy atom. The number of carbonyl (C=O) groups excluding carboxylic acids is 2. The number of nitrogens with zero attached hydrogens (tertiary/aromatic N) is 6. The van der Waals surface area contributed by atoms with Gasteiger partial charge in [-0.15, -0.1) is 0 Å². The number of aryl methyl sites for hydroxylation is 2. The van der Waals surface area contributed by atoms with E-state index in [1.54, 1.807) is 27.1 Å². The van der Waals surface area contributed by atoms with Crippen LogP contribution < -0.4 is 10.9 Å². The van der Waals surface area contributed by atoms with E-state index in [9.17, 15) is 31.9 Å². The summed E-state index contributed by atoms with van der Waals surface area (Å²) < 4.78 is 74.1. The van der Waals surface area contributed by atoms with Crippen LogP contribution in [0.4, 0.5) is 22.0 Å². The number of amides is 2. The van der Waals surface area contributed by atoms with Crippen LogP contribution in [0.3, 0.4) is 0 Å². The maximum Gasteiger partial charge on any atom is 0.435 e. The monoisotopic (exact) mass is 677 g/mol. The molecule has 0 spiro atoms. The minimum atomic E-state index is -4.84. The normalized spacial score (nSPS) is 18.2. The molecule has 1 aliphatic heterocycles. The summed E-state index contributed by atoms with van der Waals surface area (Å²) in [5, 5.41) is 11.0. The van der Waals surface area contributed by atoms with E-state index in [0.717, 1.165) is 27.4 Å². The van der Waals surface area contributed by atoms with Gasteiger partial charge in [-0.1, -0.05) is 11.6 Å². The van der Waals surface area contributed by atoms with E-state index < -0.39 is 58.5 Å². The molecule has 248 valence electrons. The zero-order valence-electron chi connectivity index (χ0n) is 25.6. The molecule has 2 aliphatic rings. The molecule has 10 nitrogen and oxygen atoms in total. The summed E-state index contributed by atoms with van der Waals surface area (Å²) in [4.78, 5) is 41.3. The van der Waals surface area contributed by atoms with Crippen molar-refractivity contribution in [1.29, 1.82) is 0 Å². The molecule has 0 bridgehead atoms. The Labute approximate surface area is 269 Å². The summed E-state index contributed by atoms with van der Waals surface area (Å²) >= 11 is 6.36. The SMILES string of the molecule is Cn1cc(C[C@H](C(=O)NC(C)(C)Cn2nc(C(F)(F)F)cc2-c2cc(F)c(=O)n(C)c2)N2C(=O)c3c(F)ccc(Cl)c3[C@@H]3C[C@@H]32)cn1. The van der Waals surface area contributed by atoms with Crippen LogP contribution in [0.15, 0.2) is 47.7 Å². The van der Waals surface area contributed by atoms with Gasteiger partial charge in [-0.2, -0.15) is 23.4 Å². The van der Waals surface area contributed by atoms with Crippen LogP contribution in [0.1, 0.15) is 53.4 Å². The van der Waals surface area contributed by atoms with Gasteiger partial charge in [0.05, 0.1) is 29.5 Å². The van der Waals surface area contributed by atoms with Gasteiger partial charge in [0.2, 0.25) is 5.91 Å². The van der Waals surface area contributed by atoms with Gasteiger partial charge in [0.1, 0.15) is 11.9 Å². The van der Waals surface area contributed by atoms with E-state index in [1.807, 2.05) is 0 Å². The van der Waals surface area contributed by atoms with Crippen LogP contribution in [-0.4, -0.2) is 58.5 Å². The lowest BCUT2D eigenvalue weighted by Crippen LogP contribution is -2.58. The number of hydrogen-bond donors (Lipinski definition) is 1. The Morgan fingerprint density at radius 3 is 2.47 bits per heavy atom. The zero-order chi connectivity index (χ0) is 34.2. The fourth-order valence-corrected chi connectivity index (χ4v) is 6.56. The molecule has 1 fully saturated rings. The van der Waals surface area contributed by atoms with Crippen molar-refractivity contribution in [3.63, 3.8) is 0 Å². The van der Waals surface area contributed by atoms with Gasteiger partial charge in [0.25, 0.3) is 11.5 Å². The Morgan fingerprint density at radius 1 is 1.11 bits per heavy atom. The van der Waals surface area contributed by atoms with Gasteiger partial charge < -0.3 is 14.8 Å². The number of halogens is 6. The van der Waals surface area contributed by atoms with Crippen molar-refractivity contribution in [2.45, 2.75) is 63.0 Å². The third-order valence-corrected chi connectivity index (χ3v) is 8.74. The largest absolute Gasteiger partial charge is 0.435 e. The zero-order valence-corrected chi connectivity index (χ0v) is 26.3. The molecular weight excluding hydrogens is 649 g/mol. The first kappa shape index (κ1) is 32.4. The number of hydrogen-bond acceptors (Lipinski definition) is 5. The first-order chi connectivity index (χ1) is 21.9. The number of alkyl halides is 3. The highest BCUT2D eigenvalue weighted by Crippen LogP contribution is 2.53. The molecule has 6 rings (SSSR count). The van der Waals surface area contributed by atoms with Crippen molar-refractivity contribution in [3.05, 3.63) is 92.3 Å². The fourth-order valence-electron chi connectivity index (χ4n) is 6.27. The average molecular weight is 678 g/mol. The van der Waals surface area contributed by atoms with Crippen molar-refractivity contribution in [2.75, 3.05) is 0 Å². The number of benzene rings is 1. The summed E-state index contributed by atoms with van der Waals surface area (Å²) in [5.41, 5.74) is -2.84. The van der Waals surface area contributed by atoms with Gasteiger partial charge in [-0.3, -0.25) is 23.7 Å². The lowest BCUT2D eigenvalue weighted by molar-refractivity contribution is -0.141. The third kappa shape index (κ3) is 6.03. The summed E-state index contributed by atoms with van der Waals surface area (Å²) in [6.07, 6.45) is 0.0459. The van der Waals surface area contributed by atoms with Crippen molar-refractivity contribution in [3.8, 4) is 11.3 Å². The summed E-state index contributed by atoms with van der Waals surface area (Å²) in [6.45, 7) is 2.79. The summed E-state index contributed by atoms with van der Waals surface area (Å²) in [5.74, 6) is -3.52. The van der Waals surface area contributed by atoms with Crippen molar-refractivity contribution >= 4 is 23.4 Å². The van der Waals surface area contributed by atoms with E-state index in [4.69, 9.17) is 11.6 Å². The molecule has 4 heterocycles. The quantitative estimate of drug-likeness (QED) is 0.278. The molecular formula is C31H29ClF5N7O3. The number of carbonyl (C=O) groups is 2. The smallest absolute Gasteiger partial charge is 0.348 e. The lowest BCUT2D eigenvalue weighted by atomic mass is 9.94. The average Bonchev–Trinajstić information content (AvgIpc) is 3.46. The highest BCUT2D eigenvalue weighted by atomic mass is 35.5. The van der Waals surface area contributed by atoms with Crippen LogP contribution in [-0.2, 0) is 38.0 Å². The van der Waals surface area contributed by atoms with Gasteiger partial charge in [-0.25, -0.2) is 8.78 Å². The fraction of sp³-hybridized carbons (Fsp3) is 0.387. The number of pyridine rings is 1. The standard InChI is InChI=1S/C31H29ClF5N7O3/c1-30(2,14-43-21(10-24(40-43)31(35,36)37)16-8-20(34)28(46)41(3)13-16)39-27(45)23(7-15-11-38-42(4)12-15)44-22-9-17(22)25-18(32)5-6-19(33)26(25)29(44)47/h5-6,8,10-13,17,22-23H,7,9,14H2,1-4H3,(H,39,45)/t17-,22+,23-/m1/s1. The van der Waals surface area contributed by atoms with Crippen molar-refractivity contribution < 1.29 is 31.5 Å². The second kappa shape index (κ2) is 11.3. The summed E-state index contributed by atoms with van der Waals surface area (Å²) in [6, 6.07) is 2.49. The molecule has 0 radical (unpaired) electrons. The van der Waals surface area contributed by atoms with E-state index in [1.165, 1.54) is 35.1 Å². The Hall–Kier alpha value is -4.53. The molecule has 3 aromatic heterocycles. The Kier molecular flexibility index (Phi) is 7.80. The highest BCUT2D eigenvalue weighted by molar-refractivity contribution is 6.32. The van der Waals surface area contributed by atoms with E-state index >= 15 is 4.39 Å². The minimum absolute atomic E-state index is 0.0186. The predicted octanol–water partition coefficient (Wildman–Crippen LogP) is 4.45. The maximum atomic E-state index is 15.1. The molecule has 3 atom stereocenters. The molecule has 0 saturated heterocycles. The molecule has 2 amide bonds. The highest BCUT2D eigenvalue weighted by Gasteiger charge is 2.55. The van der Waals surface area contributed by atoms with Crippen LogP contribution >= 0.6 is 11.6 Å². The third-order valence-electron chi connectivity index (χ3n) is 8.41. The number of rotatable bonds is 8. The van der Waals surface area contributed by atoms with Crippen molar-refractivity contribution in [2.24, 2.45) is 14.1 Å². The van der Waals surface area contributed by atoms with Crippen molar-refractivity contribution in [1.82, 2.24) is 34.3 Å². The summed E-state index contributed by atoms with van der Waals surface area (Å²) in [7, 11) is 2.95. The number of aromatic nitrogens is 5. The number of fused-ring (bicyclic) bond motifs is 3. The van der Waals surface area contributed by atoms with Crippen LogP contribution in [0.25, 0.3) is 11.3 Å². The number of nitrogens with one attached hydrogen (secondary N) is 1. The topological polar surface area (TPSA) is 107 Å². The maximum absolute atomic E-state index is 15.1. The lowest BCUT2D eigenvalue weighted by Gasteiger charge is -2.37. The molecule has 47 heavy (non-hydrogen) atoms. The molecule has 1 saturated carbocycles. The Bertz CT molecular complexity index is 1960. The van der Waals surface area contributed by atoms with E-state index in [-0.39, 0.29) is 40.7 Å². The van der Waals surface area contributed by atoms with Crippen LogP contribution in [0.5, 0.6) is 0 Å². The minimum Gasteiger partial charge on any atom is -0.348 e. The molecule has 1 aromatic carbocycles. The Balaban J connectivity index is 1.34. The van der Waals surface area contributed by atoms with Gasteiger partial charge in [0, 0.05) is 55.5 Å². The predicted molar refractivity (Wildman–Crippen MR) is 160 cm³/mol. The van der Waals surface area contributed by atoms with Crippen LogP contribution in [0, 0.1) is 11.6 Å². The first-order valence-electron chi connectivity index (χ1n) is 14.6. The molecule has 0 unspecified atom stereocenters. The molecule has 1 N–H and O–H groups in total. The van der Waals surface area contributed by atoms with Crippen LogP contribution in [0.2, 0.25) is 5.02 Å². The van der Waals surface area contributed by atoms with Gasteiger partial charge >= 0.3 is 6.18 Å². The first-order valence-corrected chi connectivity index (χ1v) is 14.9.